The lowest BCUT2D eigenvalue weighted by atomic mass is 10.1. The topological polar surface area (TPSA) is 81.3 Å². The second kappa shape index (κ2) is 3.94. The molecule has 19 heavy (non-hydrogen) atoms. The molecular formula is C13H10N2O4. The molecule has 2 aromatic rings. The van der Waals surface area contributed by atoms with Crippen LogP contribution >= 0.6 is 0 Å². The van der Waals surface area contributed by atoms with E-state index in [1.807, 2.05) is 0 Å². The molecule has 6 nitrogen and oxygen atoms in total. The molecule has 0 spiro atoms. The summed E-state index contributed by atoms with van der Waals surface area (Å²) in [5, 5.41) is 9.70. The average Bonchev–Trinajstić information content (AvgIpc) is 2.44. The number of carbonyl (C=O) groups is 1. The molecule has 1 aromatic carbocycles. The predicted molar refractivity (Wildman–Crippen MR) is 68.3 cm³/mol. The number of aliphatic carboxylic acids is 1. The molecule has 1 atom stereocenters. The summed E-state index contributed by atoms with van der Waals surface area (Å²) >= 11 is 0. The van der Waals surface area contributed by atoms with Crippen LogP contribution in [0.1, 0.15) is 6.04 Å². The van der Waals surface area contributed by atoms with Gasteiger partial charge in [0.05, 0.1) is 17.3 Å². The Morgan fingerprint density at radius 1 is 1.16 bits per heavy atom. The molecule has 1 N–H and O–H groups in total. The van der Waals surface area contributed by atoms with E-state index in [1.165, 1.54) is 16.8 Å². The zero-order valence-corrected chi connectivity index (χ0v) is 9.81. The highest BCUT2D eigenvalue weighted by atomic mass is 16.4. The summed E-state index contributed by atoms with van der Waals surface area (Å²) < 4.78 is 2.18. The maximum Gasteiger partial charge on any atom is 0.332 e. The van der Waals surface area contributed by atoms with E-state index in [0.29, 0.717) is 5.39 Å². The van der Waals surface area contributed by atoms with Crippen LogP contribution in [0.3, 0.4) is 0 Å². The summed E-state index contributed by atoms with van der Waals surface area (Å²) in [5.74, 6) is -1.17. The Morgan fingerprint density at radius 3 is 2.42 bits per heavy atom. The highest BCUT2D eigenvalue weighted by Crippen LogP contribution is 2.13. The standard InChI is InChI=1S/C13H10N2O4/c16-11-8-4-1-2-5-9(8)12(17)15-10(13(18)19)6-3-7-14(11)15/h1-6,10H,7H2,(H,18,19). The molecule has 1 unspecified atom stereocenters. The SMILES string of the molecule is O=C(O)C1C=CCn2c(=O)c3ccccc3c(=O)n21. The first-order chi connectivity index (χ1) is 9.11. The quantitative estimate of drug-likeness (QED) is 0.749. The minimum atomic E-state index is -1.17. The first kappa shape index (κ1) is 11.5. The molecule has 2 heterocycles. The van der Waals surface area contributed by atoms with Gasteiger partial charge in [-0.05, 0) is 12.1 Å². The third-order valence-electron chi connectivity index (χ3n) is 3.20. The number of benzene rings is 1. The smallest absolute Gasteiger partial charge is 0.332 e. The molecule has 0 saturated heterocycles. The summed E-state index contributed by atoms with van der Waals surface area (Å²) in [7, 11) is 0. The summed E-state index contributed by atoms with van der Waals surface area (Å²) in [6, 6.07) is 5.28. The van der Waals surface area contributed by atoms with Gasteiger partial charge < -0.3 is 5.11 Å². The molecule has 0 aliphatic carbocycles. The van der Waals surface area contributed by atoms with Crippen LogP contribution in [0.2, 0.25) is 0 Å². The van der Waals surface area contributed by atoms with Gasteiger partial charge in [0.15, 0.2) is 6.04 Å². The van der Waals surface area contributed by atoms with Gasteiger partial charge in [-0.15, -0.1) is 0 Å². The van der Waals surface area contributed by atoms with Crippen molar-refractivity contribution in [2.45, 2.75) is 12.6 Å². The lowest BCUT2D eigenvalue weighted by Gasteiger charge is -2.22. The van der Waals surface area contributed by atoms with Crippen molar-refractivity contribution in [3.63, 3.8) is 0 Å². The Morgan fingerprint density at radius 2 is 1.79 bits per heavy atom. The summed E-state index contributed by atoms with van der Waals surface area (Å²) in [5.41, 5.74) is -0.822. The van der Waals surface area contributed by atoms with Gasteiger partial charge in [0.1, 0.15) is 0 Å². The first-order valence-electron chi connectivity index (χ1n) is 5.75. The van der Waals surface area contributed by atoms with Crippen LogP contribution in [0.15, 0.2) is 46.0 Å². The number of hydrogen-bond donors (Lipinski definition) is 1. The first-order valence-corrected chi connectivity index (χ1v) is 5.75. The number of hydrogen-bond acceptors (Lipinski definition) is 3. The zero-order valence-electron chi connectivity index (χ0n) is 9.81. The average molecular weight is 258 g/mol. The molecule has 1 aliphatic rings. The maximum atomic E-state index is 12.3. The molecule has 0 bridgehead atoms. The Bertz CT molecular complexity index is 829. The van der Waals surface area contributed by atoms with E-state index in [1.54, 1.807) is 24.3 Å². The van der Waals surface area contributed by atoms with Crippen LogP contribution in [-0.2, 0) is 11.3 Å². The van der Waals surface area contributed by atoms with Crippen molar-refractivity contribution in [1.82, 2.24) is 9.36 Å². The summed E-state index contributed by atoms with van der Waals surface area (Å²) in [4.78, 5) is 35.8. The Labute approximate surface area is 106 Å². The lowest BCUT2D eigenvalue weighted by Crippen LogP contribution is -2.44. The van der Waals surface area contributed by atoms with Crippen LogP contribution in [0.5, 0.6) is 0 Å². The number of aromatic nitrogens is 2. The van der Waals surface area contributed by atoms with Crippen LogP contribution in [0.25, 0.3) is 10.8 Å². The fourth-order valence-corrected chi connectivity index (χ4v) is 2.33. The third-order valence-corrected chi connectivity index (χ3v) is 3.20. The van der Waals surface area contributed by atoms with Crippen LogP contribution in [0.4, 0.5) is 0 Å². The Balaban J connectivity index is 2.50. The van der Waals surface area contributed by atoms with Crippen molar-refractivity contribution in [2.24, 2.45) is 0 Å². The van der Waals surface area contributed by atoms with Crippen molar-refractivity contribution in [3.8, 4) is 0 Å². The summed E-state index contributed by atoms with van der Waals surface area (Å²) in [6.07, 6.45) is 2.99. The molecule has 0 radical (unpaired) electrons. The molecule has 1 aromatic heterocycles. The molecule has 0 amide bonds. The van der Waals surface area contributed by atoms with Gasteiger partial charge >= 0.3 is 5.97 Å². The van der Waals surface area contributed by atoms with E-state index in [9.17, 15) is 14.4 Å². The predicted octanol–water partition coefficient (Wildman–Crippen LogP) is 0.359. The van der Waals surface area contributed by atoms with Crippen LogP contribution < -0.4 is 11.1 Å². The van der Waals surface area contributed by atoms with Crippen molar-refractivity contribution < 1.29 is 9.90 Å². The largest absolute Gasteiger partial charge is 0.479 e. The number of carboxylic acid groups (broad SMARTS) is 1. The normalized spacial score (nSPS) is 17.4. The van der Waals surface area contributed by atoms with Gasteiger partial charge in [-0.3, -0.25) is 9.59 Å². The molecule has 0 saturated carbocycles. The molecule has 96 valence electrons. The van der Waals surface area contributed by atoms with Crippen molar-refractivity contribution >= 4 is 16.7 Å². The van der Waals surface area contributed by atoms with Crippen molar-refractivity contribution in [3.05, 3.63) is 57.1 Å². The van der Waals surface area contributed by atoms with E-state index in [4.69, 9.17) is 5.11 Å². The number of carboxylic acids is 1. The summed E-state index contributed by atoms with van der Waals surface area (Å²) in [6.45, 7) is 0.197. The second-order valence-corrected chi connectivity index (χ2v) is 4.29. The minimum Gasteiger partial charge on any atom is -0.479 e. The fraction of sp³-hybridized carbons (Fsp3) is 0.154. The van der Waals surface area contributed by atoms with Gasteiger partial charge in [0, 0.05) is 0 Å². The van der Waals surface area contributed by atoms with E-state index >= 15 is 0 Å². The highest BCUT2D eigenvalue weighted by Gasteiger charge is 2.25. The van der Waals surface area contributed by atoms with E-state index in [0.717, 1.165) is 4.68 Å². The Hall–Kier alpha value is -2.63. The maximum absolute atomic E-state index is 12.3. The minimum absolute atomic E-state index is 0.197. The van der Waals surface area contributed by atoms with Gasteiger partial charge in [-0.1, -0.05) is 24.3 Å². The fourth-order valence-electron chi connectivity index (χ4n) is 2.33. The number of fused-ring (bicyclic) bond motifs is 2. The van der Waals surface area contributed by atoms with E-state index < -0.39 is 17.6 Å². The second-order valence-electron chi connectivity index (χ2n) is 4.29. The molecule has 6 heteroatoms. The number of rotatable bonds is 1. The third kappa shape index (κ3) is 1.53. The van der Waals surface area contributed by atoms with Crippen LogP contribution in [0, 0.1) is 0 Å². The monoisotopic (exact) mass is 258 g/mol. The van der Waals surface area contributed by atoms with Crippen LogP contribution in [-0.4, -0.2) is 20.4 Å². The molecular weight excluding hydrogens is 248 g/mol. The Kier molecular flexibility index (Phi) is 2.38. The van der Waals surface area contributed by atoms with Crippen molar-refractivity contribution in [1.29, 1.82) is 0 Å². The molecule has 3 rings (SSSR count). The van der Waals surface area contributed by atoms with E-state index in [-0.39, 0.29) is 17.5 Å². The number of allylic oxidation sites excluding steroid dienone is 1. The zero-order chi connectivity index (χ0) is 13.6. The number of nitrogens with zero attached hydrogens (tertiary/aromatic N) is 2. The van der Waals surface area contributed by atoms with Gasteiger partial charge in [-0.2, -0.15) is 0 Å². The molecule has 1 aliphatic heterocycles. The van der Waals surface area contributed by atoms with Crippen molar-refractivity contribution in [2.75, 3.05) is 0 Å². The van der Waals surface area contributed by atoms with Gasteiger partial charge in [0.25, 0.3) is 11.1 Å². The molecule has 0 fully saturated rings. The van der Waals surface area contributed by atoms with Gasteiger partial charge in [0.2, 0.25) is 0 Å². The lowest BCUT2D eigenvalue weighted by molar-refractivity contribution is -0.140. The van der Waals surface area contributed by atoms with E-state index in [2.05, 4.69) is 0 Å². The van der Waals surface area contributed by atoms with Gasteiger partial charge in [-0.25, -0.2) is 14.2 Å². The highest BCUT2D eigenvalue weighted by molar-refractivity contribution is 5.81.